The number of nitrogens with zero attached hydrogens (tertiary/aromatic N) is 5. The minimum atomic E-state index is 0.607. The molecule has 0 unspecified atom stereocenters. The van der Waals surface area contributed by atoms with Crippen molar-refractivity contribution in [3.05, 3.63) is 84.3 Å². The normalized spacial score (nSPS) is 10.7. The van der Waals surface area contributed by atoms with Crippen molar-refractivity contribution in [2.45, 2.75) is 6.54 Å². The molecule has 25 heavy (non-hydrogen) atoms. The maximum atomic E-state index is 11.2. The summed E-state index contributed by atoms with van der Waals surface area (Å²) < 4.78 is 3.58. The fourth-order valence-electron chi connectivity index (χ4n) is 2.69. The molecule has 4 rings (SSSR count). The van der Waals surface area contributed by atoms with Crippen LogP contribution in [0.15, 0.2) is 73.2 Å². The van der Waals surface area contributed by atoms with Gasteiger partial charge in [0, 0.05) is 23.5 Å². The Bertz CT molecular complexity index is 987. The van der Waals surface area contributed by atoms with Gasteiger partial charge in [-0.1, -0.05) is 41.6 Å². The monoisotopic (exact) mass is 329 g/mol. The number of aromatic nitrogens is 5. The van der Waals surface area contributed by atoms with Crippen LogP contribution in [0.2, 0.25) is 0 Å². The first-order valence-electron chi connectivity index (χ1n) is 7.87. The van der Waals surface area contributed by atoms with Crippen LogP contribution in [0.3, 0.4) is 0 Å². The van der Waals surface area contributed by atoms with Crippen molar-refractivity contribution in [3.8, 4) is 16.9 Å². The molecule has 0 amide bonds. The average molecular weight is 329 g/mol. The molecule has 0 spiro atoms. The molecule has 6 heteroatoms. The largest absolute Gasteiger partial charge is 0.298 e. The Hall–Kier alpha value is -3.54. The summed E-state index contributed by atoms with van der Waals surface area (Å²) in [5.41, 5.74) is 4.20. The third-order valence-corrected chi connectivity index (χ3v) is 3.95. The van der Waals surface area contributed by atoms with E-state index in [2.05, 4.69) is 15.4 Å². The number of aldehydes is 1. The third-order valence-electron chi connectivity index (χ3n) is 3.95. The van der Waals surface area contributed by atoms with Gasteiger partial charge in [0.1, 0.15) is 5.69 Å². The maximum Gasteiger partial charge on any atom is 0.150 e. The maximum absolute atomic E-state index is 11.2. The zero-order valence-electron chi connectivity index (χ0n) is 13.4. The van der Waals surface area contributed by atoms with E-state index in [0.29, 0.717) is 17.8 Å². The summed E-state index contributed by atoms with van der Waals surface area (Å²) in [6.45, 7) is 0.607. The highest BCUT2D eigenvalue weighted by molar-refractivity contribution is 5.86. The molecule has 0 N–H and O–H groups in total. The Morgan fingerprint density at radius 2 is 1.84 bits per heavy atom. The highest BCUT2D eigenvalue weighted by Gasteiger charge is 2.08. The quantitative estimate of drug-likeness (QED) is 0.528. The lowest BCUT2D eigenvalue weighted by molar-refractivity contribution is 0.112. The fourth-order valence-corrected chi connectivity index (χ4v) is 2.69. The molecule has 4 aromatic rings. The summed E-state index contributed by atoms with van der Waals surface area (Å²) in [5, 5.41) is 12.6. The molecular formula is C19H15N5O. The van der Waals surface area contributed by atoms with Gasteiger partial charge in [0.15, 0.2) is 6.29 Å². The first-order valence-corrected chi connectivity index (χ1v) is 7.87. The van der Waals surface area contributed by atoms with Gasteiger partial charge in [0.25, 0.3) is 0 Å². The van der Waals surface area contributed by atoms with Crippen LogP contribution in [-0.2, 0) is 6.54 Å². The van der Waals surface area contributed by atoms with Gasteiger partial charge in [0.05, 0.1) is 18.4 Å². The van der Waals surface area contributed by atoms with E-state index in [1.54, 1.807) is 16.9 Å². The van der Waals surface area contributed by atoms with E-state index in [0.717, 1.165) is 23.1 Å². The molecule has 2 aromatic carbocycles. The summed E-state index contributed by atoms with van der Waals surface area (Å²) in [4.78, 5) is 11.2. The van der Waals surface area contributed by atoms with Crippen molar-refractivity contribution in [2.75, 3.05) is 0 Å². The average Bonchev–Trinajstić information content (AvgIpc) is 3.34. The zero-order valence-corrected chi connectivity index (χ0v) is 13.4. The van der Waals surface area contributed by atoms with E-state index in [-0.39, 0.29) is 0 Å². The topological polar surface area (TPSA) is 65.6 Å². The molecule has 122 valence electrons. The van der Waals surface area contributed by atoms with E-state index in [4.69, 9.17) is 0 Å². The van der Waals surface area contributed by atoms with Crippen molar-refractivity contribution in [2.24, 2.45) is 0 Å². The van der Waals surface area contributed by atoms with Gasteiger partial charge in [0.2, 0.25) is 0 Å². The van der Waals surface area contributed by atoms with E-state index < -0.39 is 0 Å². The third kappa shape index (κ3) is 3.10. The molecular weight excluding hydrogens is 314 g/mol. The van der Waals surface area contributed by atoms with E-state index >= 15 is 0 Å². The van der Waals surface area contributed by atoms with Crippen molar-refractivity contribution in [1.82, 2.24) is 24.8 Å². The van der Waals surface area contributed by atoms with Gasteiger partial charge in [-0.2, -0.15) is 5.10 Å². The van der Waals surface area contributed by atoms with Gasteiger partial charge in [-0.15, -0.1) is 5.10 Å². The number of benzene rings is 2. The number of carbonyl (C=O) groups excluding carboxylic acids is 1. The Morgan fingerprint density at radius 1 is 1.00 bits per heavy atom. The van der Waals surface area contributed by atoms with E-state index in [9.17, 15) is 4.79 Å². The Kier molecular flexibility index (Phi) is 3.92. The molecule has 0 saturated carbocycles. The summed E-state index contributed by atoms with van der Waals surface area (Å²) in [5.74, 6) is 0. The van der Waals surface area contributed by atoms with Crippen LogP contribution in [0.1, 0.15) is 15.9 Å². The van der Waals surface area contributed by atoms with Crippen LogP contribution in [0.25, 0.3) is 16.9 Å². The summed E-state index contributed by atoms with van der Waals surface area (Å²) >= 11 is 0. The SMILES string of the molecule is O=Cc1ccccc1-c1cn(Cc2ccc(-n3cccn3)cc2)nn1. The summed E-state index contributed by atoms with van der Waals surface area (Å²) in [6.07, 6.45) is 6.34. The van der Waals surface area contributed by atoms with Crippen LogP contribution in [0.5, 0.6) is 0 Å². The Morgan fingerprint density at radius 3 is 2.60 bits per heavy atom. The molecule has 0 radical (unpaired) electrons. The predicted octanol–water partition coefficient (Wildman–Crippen LogP) is 2.99. The first kappa shape index (κ1) is 15.0. The second-order valence-corrected chi connectivity index (χ2v) is 5.62. The minimum Gasteiger partial charge on any atom is -0.298 e. The van der Waals surface area contributed by atoms with Crippen LogP contribution in [0.4, 0.5) is 0 Å². The number of hydrogen-bond donors (Lipinski definition) is 0. The van der Waals surface area contributed by atoms with Crippen molar-refractivity contribution in [3.63, 3.8) is 0 Å². The minimum absolute atomic E-state index is 0.607. The van der Waals surface area contributed by atoms with Gasteiger partial charge in [-0.05, 0) is 23.8 Å². The molecule has 0 aliphatic rings. The van der Waals surface area contributed by atoms with Crippen LogP contribution in [-0.4, -0.2) is 31.1 Å². The van der Waals surface area contributed by atoms with Crippen molar-refractivity contribution in [1.29, 1.82) is 0 Å². The summed E-state index contributed by atoms with van der Waals surface area (Å²) in [6, 6.07) is 17.4. The molecule has 0 saturated heterocycles. The van der Waals surface area contributed by atoms with E-state index in [1.165, 1.54) is 0 Å². The van der Waals surface area contributed by atoms with Crippen molar-refractivity contribution >= 4 is 6.29 Å². The van der Waals surface area contributed by atoms with E-state index in [1.807, 2.05) is 65.6 Å². The Balaban J connectivity index is 1.54. The smallest absolute Gasteiger partial charge is 0.150 e. The van der Waals surface area contributed by atoms with Gasteiger partial charge in [-0.3, -0.25) is 4.79 Å². The second-order valence-electron chi connectivity index (χ2n) is 5.62. The van der Waals surface area contributed by atoms with Gasteiger partial charge >= 0.3 is 0 Å². The second kappa shape index (κ2) is 6.52. The molecule has 0 aliphatic heterocycles. The Labute approximate surface area is 144 Å². The van der Waals surface area contributed by atoms with Crippen LogP contribution < -0.4 is 0 Å². The molecule has 0 bridgehead atoms. The number of hydrogen-bond acceptors (Lipinski definition) is 4. The molecule has 0 aliphatic carbocycles. The number of rotatable bonds is 5. The molecule has 6 nitrogen and oxygen atoms in total. The summed E-state index contributed by atoms with van der Waals surface area (Å²) in [7, 11) is 0. The zero-order chi connectivity index (χ0) is 17.1. The predicted molar refractivity (Wildman–Crippen MR) is 93.5 cm³/mol. The lowest BCUT2D eigenvalue weighted by atomic mass is 10.1. The lowest BCUT2D eigenvalue weighted by Gasteiger charge is -2.04. The van der Waals surface area contributed by atoms with Gasteiger partial charge in [-0.25, -0.2) is 9.36 Å². The molecule has 0 fully saturated rings. The molecule has 0 atom stereocenters. The lowest BCUT2D eigenvalue weighted by Crippen LogP contribution is -2.01. The van der Waals surface area contributed by atoms with Crippen molar-refractivity contribution < 1.29 is 4.79 Å². The molecule has 2 aromatic heterocycles. The highest BCUT2D eigenvalue weighted by Crippen LogP contribution is 2.20. The molecule has 2 heterocycles. The first-order chi connectivity index (χ1) is 12.3. The number of carbonyl (C=O) groups is 1. The fraction of sp³-hybridized carbons (Fsp3) is 0.0526. The van der Waals surface area contributed by atoms with Gasteiger partial charge < -0.3 is 0 Å². The van der Waals surface area contributed by atoms with Crippen LogP contribution in [0, 0.1) is 0 Å². The standard InChI is InChI=1S/C19H15N5O/c25-14-16-4-1-2-5-18(16)19-13-23(22-21-19)12-15-6-8-17(9-7-15)24-11-3-10-20-24/h1-11,13-14H,12H2. The highest BCUT2D eigenvalue weighted by atomic mass is 16.1. The van der Waals surface area contributed by atoms with Crippen LogP contribution >= 0.6 is 0 Å².